The van der Waals surface area contributed by atoms with Crippen LogP contribution in [0.4, 0.5) is 5.69 Å². The van der Waals surface area contributed by atoms with Gasteiger partial charge in [-0.3, -0.25) is 4.79 Å². The van der Waals surface area contributed by atoms with Crippen LogP contribution in [0.2, 0.25) is 0 Å². The van der Waals surface area contributed by atoms with Crippen molar-refractivity contribution in [3.05, 3.63) is 29.8 Å². The van der Waals surface area contributed by atoms with Crippen LogP contribution in [0.5, 0.6) is 0 Å². The molecule has 0 saturated carbocycles. The molecule has 0 aliphatic carbocycles. The number of likely N-dealkylation sites (N-methyl/N-ethyl adjacent to an activating group) is 1. The van der Waals surface area contributed by atoms with Gasteiger partial charge in [0.25, 0.3) is 5.91 Å². The first kappa shape index (κ1) is 16.5. The van der Waals surface area contributed by atoms with E-state index >= 15 is 0 Å². The van der Waals surface area contributed by atoms with Crippen LogP contribution in [-0.4, -0.2) is 51.1 Å². The molecule has 1 aromatic rings. The summed E-state index contributed by atoms with van der Waals surface area (Å²) in [6.07, 6.45) is 0.252. The van der Waals surface area contributed by atoms with Gasteiger partial charge in [-0.15, -0.1) is 0 Å². The normalized spacial score (nSPS) is 9.62. The average molecular weight is 289 g/mol. The van der Waals surface area contributed by atoms with Gasteiger partial charge in [0.2, 0.25) is 0 Å². The first-order chi connectivity index (χ1) is 9.95. The lowest BCUT2D eigenvalue weighted by molar-refractivity contribution is -0.133. The second-order valence-corrected chi connectivity index (χ2v) is 4.74. The summed E-state index contributed by atoms with van der Waals surface area (Å²) in [4.78, 5) is 26.8. The molecular weight excluding hydrogens is 270 g/mol. The molecule has 0 unspecified atom stereocenters. The summed E-state index contributed by atoms with van der Waals surface area (Å²) in [5.74, 6) is -0.870. The third-order valence-corrected chi connectivity index (χ3v) is 2.93. The second kappa shape index (κ2) is 7.90. The molecule has 0 N–H and O–H groups in total. The Bertz CT molecular complexity index is 532. The Kier molecular flexibility index (Phi) is 6.21. The van der Waals surface area contributed by atoms with Crippen LogP contribution in [0, 0.1) is 11.3 Å². The maximum absolute atomic E-state index is 11.8. The van der Waals surface area contributed by atoms with E-state index < -0.39 is 5.97 Å². The van der Waals surface area contributed by atoms with Crippen LogP contribution in [0.1, 0.15) is 16.8 Å². The van der Waals surface area contributed by atoms with Crippen molar-refractivity contribution in [3.63, 3.8) is 0 Å². The topological polar surface area (TPSA) is 73.6 Å². The van der Waals surface area contributed by atoms with Crippen LogP contribution in [0.3, 0.4) is 0 Å². The van der Waals surface area contributed by atoms with Gasteiger partial charge in [0.1, 0.15) is 0 Å². The summed E-state index contributed by atoms with van der Waals surface area (Å²) < 4.78 is 4.96. The number of hydrogen-bond acceptors (Lipinski definition) is 5. The van der Waals surface area contributed by atoms with Crippen molar-refractivity contribution in [1.29, 1.82) is 5.26 Å². The van der Waals surface area contributed by atoms with E-state index in [2.05, 4.69) is 0 Å². The zero-order chi connectivity index (χ0) is 15.8. The molecular formula is C15H19N3O3. The molecule has 0 aromatic heterocycles. The highest BCUT2D eigenvalue weighted by Crippen LogP contribution is 2.12. The molecule has 0 saturated heterocycles. The van der Waals surface area contributed by atoms with E-state index in [1.807, 2.05) is 25.1 Å². The van der Waals surface area contributed by atoms with Crippen LogP contribution >= 0.6 is 0 Å². The van der Waals surface area contributed by atoms with Gasteiger partial charge in [0.05, 0.1) is 18.1 Å². The van der Waals surface area contributed by atoms with Gasteiger partial charge in [-0.05, 0) is 24.3 Å². The lowest BCUT2D eigenvalue weighted by Gasteiger charge is -2.15. The van der Waals surface area contributed by atoms with E-state index in [1.54, 1.807) is 31.3 Å². The first-order valence-corrected chi connectivity index (χ1v) is 6.51. The average Bonchev–Trinajstić information content (AvgIpc) is 2.49. The van der Waals surface area contributed by atoms with Crippen LogP contribution < -0.4 is 4.90 Å². The fourth-order valence-electron chi connectivity index (χ4n) is 1.56. The van der Waals surface area contributed by atoms with E-state index in [0.29, 0.717) is 12.1 Å². The molecule has 21 heavy (non-hydrogen) atoms. The van der Waals surface area contributed by atoms with Gasteiger partial charge in [-0.1, -0.05) is 0 Å². The van der Waals surface area contributed by atoms with Crippen molar-refractivity contribution in [3.8, 4) is 6.07 Å². The van der Waals surface area contributed by atoms with Crippen molar-refractivity contribution in [2.45, 2.75) is 6.42 Å². The lowest BCUT2D eigenvalue weighted by atomic mass is 10.2. The summed E-state index contributed by atoms with van der Waals surface area (Å²) in [6, 6.07) is 8.87. The lowest BCUT2D eigenvalue weighted by Crippen LogP contribution is -2.31. The highest BCUT2D eigenvalue weighted by molar-refractivity contribution is 5.91. The summed E-state index contributed by atoms with van der Waals surface area (Å²) in [7, 11) is 5.38. The number of nitrogens with zero attached hydrogens (tertiary/aromatic N) is 3. The summed E-state index contributed by atoms with van der Waals surface area (Å²) in [5, 5.41) is 8.45. The van der Waals surface area contributed by atoms with E-state index in [0.717, 1.165) is 5.69 Å². The number of nitriles is 1. The van der Waals surface area contributed by atoms with Crippen LogP contribution in [0.15, 0.2) is 24.3 Å². The summed E-state index contributed by atoms with van der Waals surface area (Å²) in [6.45, 7) is 0.000605. The van der Waals surface area contributed by atoms with Crippen molar-refractivity contribution < 1.29 is 14.3 Å². The number of rotatable bonds is 6. The SMILES string of the molecule is CN(CCC#N)C(=O)COC(=O)c1ccc(N(C)C)cc1. The zero-order valence-corrected chi connectivity index (χ0v) is 12.5. The van der Waals surface area contributed by atoms with Crippen LogP contribution in [0.25, 0.3) is 0 Å². The molecule has 0 fully saturated rings. The fourth-order valence-corrected chi connectivity index (χ4v) is 1.56. The molecule has 1 aromatic carbocycles. The highest BCUT2D eigenvalue weighted by atomic mass is 16.5. The molecule has 0 atom stereocenters. The first-order valence-electron chi connectivity index (χ1n) is 6.51. The molecule has 0 heterocycles. The Morgan fingerprint density at radius 1 is 1.19 bits per heavy atom. The number of hydrogen-bond donors (Lipinski definition) is 0. The number of ether oxygens (including phenoxy) is 1. The van der Waals surface area contributed by atoms with Gasteiger partial charge in [-0.2, -0.15) is 5.26 Å². The van der Waals surface area contributed by atoms with E-state index in [4.69, 9.17) is 10.00 Å². The Morgan fingerprint density at radius 3 is 2.33 bits per heavy atom. The van der Waals surface area contributed by atoms with Gasteiger partial charge in [0, 0.05) is 33.4 Å². The van der Waals surface area contributed by atoms with Gasteiger partial charge in [0.15, 0.2) is 6.61 Å². The zero-order valence-electron chi connectivity index (χ0n) is 12.5. The van der Waals surface area contributed by atoms with Crippen molar-refractivity contribution >= 4 is 17.6 Å². The van der Waals surface area contributed by atoms with E-state index in [1.165, 1.54) is 4.90 Å². The molecule has 0 aliphatic rings. The Balaban J connectivity index is 2.50. The molecule has 0 radical (unpaired) electrons. The largest absolute Gasteiger partial charge is 0.452 e. The van der Waals surface area contributed by atoms with Crippen molar-refractivity contribution in [1.82, 2.24) is 4.90 Å². The number of carbonyl (C=O) groups excluding carboxylic acids is 2. The Morgan fingerprint density at radius 2 is 1.81 bits per heavy atom. The van der Waals surface area contributed by atoms with Crippen molar-refractivity contribution in [2.24, 2.45) is 0 Å². The molecule has 0 bridgehead atoms. The molecule has 1 amide bonds. The van der Waals surface area contributed by atoms with Gasteiger partial charge >= 0.3 is 5.97 Å². The number of esters is 1. The Labute approximate surface area is 124 Å². The second-order valence-electron chi connectivity index (χ2n) is 4.74. The van der Waals surface area contributed by atoms with Gasteiger partial charge in [-0.25, -0.2) is 4.79 Å². The quantitative estimate of drug-likeness (QED) is 0.738. The molecule has 6 nitrogen and oxygen atoms in total. The fraction of sp³-hybridized carbons (Fsp3) is 0.400. The maximum atomic E-state index is 11.8. The standard InChI is InChI=1S/C15H19N3O3/c1-17(2)13-7-5-12(6-8-13)15(20)21-11-14(19)18(3)10-4-9-16/h5-8H,4,10-11H2,1-3H3. The molecule has 0 aliphatic heterocycles. The minimum absolute atomic E-state index is 0.252. The predicted octanol–water partition coefficient (Wildman–Crippen LogP) is 1.28. The maximum Gasteiger partial charge on any atom is 0.338 e. The highest BCUT2D eigenvalue weighted by Gasteiger charge is 2.13. The van der Waals surface area contributed by atoms with Gasteiger partial charge < -0.3 is 14.5 Å². The number of carbonyl (C=O) groups is 2. The third kappa shape index (κ3) is 5.15. The number of benzene rings is 1. The smallest absolute Gasteiger partial charge is 0.338 e. The third-order valence-electron chi connectivity index (χ3n) is 2.93. The molecule has 0 spiro atoms. The monoisotopic (exact) mass is 289 g/mol. The molecule has 112 valence electrons. The predicted molar refractivity (Wildman–Crippen MR) is 78.9 cm³/mol. The molecule has 1 rings (SSSR count). The van der Waals surface area contributed by atoms with E-state index in [9.17, 15) is 9.59 Å². The minimum atomic E-state index is -0.540. The summed E-state index contributed by atoms with van der Waals surface area (Å²) >= 11 is 0. The summed E-state index contributed by atoms with van der Waals surface area (Å²) in [5.41, 5.74) is 1.37. The molecule has 6 heteroatoms. The van der Waals surface area contributed by atoms with Crippen LogP contribution in [-0.2, 0) is 9.53 Å². The number of anilines is 1. The minimum Gasteiger partial charge on any atom is -0.452 e. The Hall–Kier alpha value is -2.55. The van der Waals surface area contributed by atoms with Crippen molar-refractivity contribution in [2.75, 3.05) is 39.2 Å². The number of amides is 1. The van der Waals surface area contributed by atoms with E-state index in [-0.39, 0.29) is 18.9 Å².